The number of carbonyl (C=O) groups excluding carboxylic acids is 2. The molecule has 0 radical (unpaired) electrons. The molecule has 2 rings (SSSR count). The van der Waals surface area contributed by atoms with E-state index >= 15 is 0 Å². The van der Waals surface area contributed by atoms with Crippen LogP contribution in [0.4, 0.5) is 4.79 Å². The van der Waals surface area contributed by atoms with E-state index in [9.17, 15) is 14.4 Å². The number of amides is 3. The average molecular weight is 315 g/mol. The summed E-state index contributed by atoms with van der Waals surface area (Å²) in [6.45, 7) is 2.33. The fourth-order valence-corrected chi connectivity index (χ4v) is 2.74. The maximum Gasteiger partial charge on any atom is 0.405 e. The number of likely N-dealkylation sites (tertiary alicyclic amines) is 1. The summed E-state index contributed by atoms with van der Waals surface area (Å²) in [6, 6.07) is -1.52. The van der Waals surface area contributed by atoms with Gasteiger partial charge >= 0.3 is 6.09 Å². The van der Waals surface area contributed by atoms with E-state index in [1.54, 1.807) is 4.90 Å². The second-order valence-corrected chi connectivity index (χ2v) is 5.23. The van der Waals surface area contributed by atoms with Gasteiger partial charge in [0.1, 0.15) is 12.1 Å². The number of ether oxygens (including phenoxy) is 2. The first kappa shape index (κ1) is 16.5. The molecular weight excluding hydrogens is 294 g/mol. The van der Waals surface area contributed by atoms with Gasteiger partial charge in [-0.15, -0.1) is 0 Å². The van der Waals surface area contributed by atoms with Crippen LogP contribution in [0.15, 0.2) is 0 Å². The molecule has 3 amide bonds. The second-order valence-electron chi connectivity index (χ2n) is 5.23. The van der Waals surface area contributed by atoms with Gasteiger partial charge in [0.15, 0.2) is 0 Å². The van der Waals surface area contributed by atoms with Gasteiger partial charge in [-0.25, -0.2) is 4.79 Å². The summed E-state index contributed by atoms with van der Waals surface area (Å²) in [5.74, 6) is -0.569. The number of morpholine rings is 1. The Labute approximate surface area is 128 Å². The minimum absolute atomic E-state index is 0.0850. The molecule has 0 bridgehead atoms. The van der Waals surface area contributed by atoms with Crippen molar-refractivity contribution < 1.29 is 29.0 Å². The molecule has 0 aromatic carbocycles. The molecule has 0 saturated carbocycles. The number of hydrogen-bond donors (Lipinski definition) is 2. The summed E-state index contributed by atoms with van der Waals surface area (Å²) in [5, 5.41) is 10.9. The Morgan fingerprint density at radius 1 is 1.41 bits per heavy atom. The van der Waals surface area contributed by atoms with Gasteiger partial charge in [0.25, 0.3) is 0 Å². The minimum atomic E-state index is -1.25. The monoisotopic (exact) mass is 315 g/mol. The molecule has 0 aromatic rings. The highest BCUT2D eigenvalue weighted by Crippen LogP contribution is 2.17. The van der Waals surface area contributed by atoms with Crippen LogP contribution in [-0.4, -0.2) is 91.5 Å². The van der Waals surface area contributed by atoms with Crippen LogP contribution in [0.2, 0.25) is 0 Å². The largest absolute Gasteiger partial charge is 0.465 e. The summed E-state index contributed by atoms with van der Waals surface area (Å²) in [5.41, 5.74) is 0. The van der Waals surface area contributed by atoms with Gasteiger partial charge in [-0.3, -0.25) is 9.59 Å². The highest BCUT2D eigenvalue weighted by atomic mass is 16.5. The van der Waals surface area contributed by atoms with Crippen molar-refractivity contribution in [2.24, 2.45) is 0 Å². The molecule has 0 unspecified atom stereocenters. The topological polar surface area (TPSA) is 108 Å². The molecule has 2 aliphatic heterocycles. The van der Waals surface area contributed by atoms with Gasteiger partial charge in [-0.2, -0.15) is 0 Å². The first-order chi connectivity index (χ1) is 10.5. The summed E-state index contributed by atoms with van der Waals surface area (Å²) in [6.07, 6.45) is -0.898. The van der Waals surface area contributed by atoms with Crippen LogP contribution in [0.5, 0.6) is 0 Å². The Morgan fingerprint density at radius 2 is 2.09 bits per heavy atom. The van der Waals surface area contributed by atoms with E-state index in [2.05, 4.69) is 5.32 Å². The fourth-order valence-electron chi connectivity index (χ4n) is 2.74. The van der Waals surface area contributed by atoms with E-state index < -0.39 is 18.2 Å². The van der Waals surface area contributed by atoms with Gasteiger partial charge in [0, 0.05) is 26.7 Å². The zero-order chi connectivity index (χ0) is 16.1. The summed E-state index contributed by atoms with van der Waals surface area (Å²) in [7, 11) is 1.47. The maximum absolute atomic E-state index is 12.6. The SMILES string of the molecule is COC[C@@H](C(=O)N1CCOCC1)N1CC[C@H](NC(=O)O)C1=O. The van der Waals surface area contributed by atoms with Crippen LogP contribution in [0.1, 0.15) is 6.42 Å². The van der Waals surface area contributed by atoms with Crippen molar-refractivity contribution in [2.45, 2.75) is 18.5 Å². The van der Waals surface area contributed by atoms with E-state index in [-0.39, 0.29) is 18.4 Å². The third-order valence-corrected chi connectivity index (χ3v) is 3.85. The number of methoxy groups -OCH3 is 1. The van der Waals surface area contributed by atoms with Crippen LogP contribution in [0.25, 0.3) is 0 Å². The fraction of sp³-hybridized carbons (Fsp3) is 0.769. The molecule has 9 nitrogen and oxygen atoms in total. The van der Waals surface area contributed by atoms with Crippen molar-refractivity contribution in [2.75, 3.05) is 46.6 Å². The number of carbonyl (C=O) groups is 3. The number of carboxylic acid groups (broad SMARTS) is 1. The molecule has 0 aliphatic carbocycles. The summed E-state index contributed by atoms with van der Waals surface area (Å²) >= 11 is 0. The lowest BCUT2D eigenvalue weighted by atomic mass is 10.2. The molecule has 2 N–H and O–H groups in total. The second kappa shape index (κ2) is 7.41. The molecule has 9 heteroatoms. The van der Waals surface area contributed by atoms with E-state index in [4.69, 9.17) is 14.6 Å². The van der Waals surface area contributed by atoms with Crippen molar-refractivity contribution in [1.29, 1.82) is 0 Å². The first-order valence-electron chi connectivity index (χ1n) is 7.20. The predicted octanol–water partition coefficient (Wildman–Crippen LogP) is -1.27. The molecule has 2 heterocycles. The average Bonchev–Trinajstić information content (AvgIpc) is 2.85. The van der Waals surface area contributed by atoms with E-state index in [0.717, 1.165) is 0 Å². The van der Waals surface area contributed by atoms with E-state index in [0.29, 0.717) is 39.3 Å². The van der Waals surface area contributed by atoms with E-state index in [1.807, 2.05) is 0 Å². The number of hydrogen-bond acceptors (Lipinski definition) is 5. The van der Waals surface area contributed by atoms with Crippen molar-refractivity contribution in [3.63, 3.8) is 0 Å². The molecule has 2 saturated heterocycles. The van der Waals surface area contributed by atoms with Crippen LogP contribution in [0.3, 0.4) is 0 Å². The van der Waals surface area contributed by atoms with E-state index in [1.165, 1.54) is 12.0 Å². The molecule has 0 aromatic heterocycles. The van der Waals surface area contributed by atoms with Crippen LogP contribution < -0.4 is 5.32 Å². The predicted molar refractivity (Wildman–Crippen MR) is 74.3 cm³/mol. The zero-order valence-corrected chi connectivity index (χ0v) is 12.5. The van der Waals surface area contributed by atoms with Gasteiger partial charge in [-0.05, 0) is 6.42 Å². The Kier molecular flexibility index (Phi) is 5.56. The zero-order valence-electron chi connectivity index (χ0n) is 12.5. The summed E-state index contributed by atoms with van der Waals surface area (Å²) in [4.78, 5) is 38.6. The summed E-state index contributed by atoms with van der Waals surface area (Å²) < 4.78 is 10.3. The highest BCUT2D eigenvalue weighted by molar-refractivity contribution is 5.92. The molecule has 124 valence electrons. The Balaban J connectivity index is 2.05. The highest BCUT2D eigenvalue weighted by Gasteiger charge is 2.41. The third kappa shape index (κ3) is 3.66. The van der Waals surface area contributed by atoms with Crippen LogP contribution in [-0.2, 0) is 19.1 Å². The maximum atomic E-state index is 12.6. The smallest absolute Gasteiger partial charge is 0.405 e. The first-order valence-corrected chi connectivity index (χ1v) is 7.20. The molecule has 2 aliphatic rings. The molecule has 0 spiro atoms. The number of nitrogens with zero attached hydrogens (tertiary/aromatic N) is 2. The van der Waals surface area contributed by atoms with Crippen molar-refractivity contribution in [3.05, 3.63) is 0 Å². The van der Waals surface area contributed by atoms with Crippen molar-refractivity contribution in [3.8, 4) is 0 Å². The number of nitrogens with one attached hydrogen (secondary N) is 1. The Morgan fingerprint density at radius 3 is 2.68 bits per heavy atom. The Hall–Kier alpha value is -1.87. The van der Waals surface area contributed by atoms with Gasteiger partial charge in [0.2, 0.25) is 11.8 Å². The minimum Gasteiger partial charge on any atom is -0.465 e. The van der Waals surface area contributed by atoms with Crippen LogP contribution >= 0.6 is 0 Å². The third-order valence-electron chi connectivity index (χ3n) is 3.85. The van der Waals surface area contributed by atoms with Crippen molar-refractivity contribution in [1.82, 2.24) is 15.1 Å². The van der Waals surface area contributed by atoms with Crippen LogP contribution in [0, 0.1) is 0 Å². The molecule has 2 atom stereocenters. The van der Waals surface area contributed by atoms with Gasteiger partial charge < -0.3 is 29.7 Å². The normalized spacial score (nSPS) is 23.5. The Bertz CT molecular complexity index is 437. The lowest BCUT2D eigenvalue weighted by Gasteiger charge is -2.34. The van der Waals surface area contributed by atoms with Crippen molar-refractivity contribution >= 4 is 17.9 Å². The van der Waals surface area contributed by atoms with Gasteiger partial charge in [0.05, 0.1) is 19.8 Å². The lowest BCUT2D eigenvalue weighted by Crippen LogP contribution is -2.55. The lowest BCUT2D eigenvalue weighted by molar-refractivity contribution is -0.148. The molecule has 22 heavy (non-hydrogen) atoms. The standard InChI is InChI=1S/C13H21N3O6/c1-21-8-10(12(18)15-4-6-22-7-5-15)16-3-2-9(11(16)17)14-13(19)20/h9-10,14H,2-8H2,1H3,(H,19,20)/t9-,10-/m0/s1. The number of rotatable bonds is 5. The quantitative estimate of drug-likeness (QED) is 0.655. The molecule has 2 fully saturated rings. The molecular formula is C13H21N3O6. The van der Waals surface area contributed by atoms with Gasteiger partial charge in [-0.1, -0.05) is 0 Å².